The molecule has 1 aliphatic carbocycles. The van der Waals surface area contributed by atoms with Gasteiger partial charge in [0.25, 0.3) is 5.91 Å². The van der Waals surface area contributed by atoms with Crippen molar-refractivity contribution in [2.75, 3.05) is 6.54 Å². The number of phenolic OH excluding ortho intramolecular Hbond substituents is 1. The van der Waals surface area contributed by atoms with Gasteiger partial charge in [0.05, 0.1) is 11.9 Å². The summed E-state index contributed by atoms with van der Waals surface area (Å²) in [5, 5.41) is 14.5. The average Bonchev–Trinajstić information content (AvgIpc) is 3.26. The summed E-state index contributed by atoms with van der Waals surface area (Å²) in [6.45, 7) is 9.70. The number of phenols is 1. The fourth-order valence-corrected chi connectivity index (χ4v) is 5.43. The Morgan fingerprint density at radius 1 is 1.36 bits per heavy atom. The van der Waals surface area contributed by atoms with Crippen LogP contribution < -0.4 is 10.1 Å². The molecule has 178 valence electrons. The maximum atomic E-state index is 13.3. The third-order valence-corrected chi connectivity index (χ3v) is 7.22. The number of aromatic hydroxyl groups is 1. The van der Waals surface area contributed by atoms with Crippen LogP contribution in [0.2, 0.25) is 0 Å². The molecule has 2 N–H and O–H groups in total. The Bertz CT molecular complexity index is 1020. The zero-order valence-electron chi connectivity index (χ0n) is 20.4. The first-order valence-corrected chi connectivity index (χ1v) is 12.3. The standard InChI is InChI=1S/C27H37N3O3/c1-5-6-7-8-19-16-22-24(20-15-18(2)9-10-21(20)27(3,4)33-22)25(31)23(19)26(32)29-12-14-30-13-11-28-17-30/h11,13,15-17,20-21,31H,5-10,12,14H2,1-4H3,(H,29,32). The highest BCUT2D eigenvalue weighted by atomic mass is 16.5. The largest absolute Gasteiger partial charge is 0.507 e. The molecule has 2 unspecified atom stereocenters. The number of rotatable bonds is 8. The van der Waals surface area contributed by atoms with E-state index in [4.69, 9.17) is 4.74 Å². The summed E-state index contributed by atoms with van der Waals surface area (Å²) < 4.78 is 8.41. The Labute approximate surface area is 197 Å². The number of aryl methyl sites for hydroxylation is 1. The molecule has 0 radical (unpaired) electrons. The number of nitrogens with zero attached hydrogens (tertiary/aromatic N) is 2. The van der Waals surface area contributed by atoms with Gasteiger partial charge in [-0.3, -0.25) is 4.79 Å². The van der Waals surface area contributed by atoms with Gasteiger partial charge in [-0.2, -0.15) is 0 Å². The first-order valence-electron chi connectivity index (χ1n) is 12.3. The Morgan fingerprint density at radius 2 is 2.18 bits per heavy atom. The molecule has 2 aliphatic rings. The van der Waals surface area contributed by atoms with Gasteiger partial charge >= 0.3 is 0 Å². The number of carbonyl (C=O) groups is 1. The lowest BCUT2D eigenvalue weighted by Gasteiger charge is -2.46. The molecule has 1 aromatic carbocycles. The van der Waals surface area contributed by atoms with Crippen molar-refractivity contribution in [3.8, 4) is 11.5 Å². The number of nitrogens with one attached hydrogen (secondary N) is 1. The van der Waals surface area contributed by atoms with Crippen LogP contribution in [0, 0.1) is 5.92 Å². The normalized spacial score (nSPS) is 20.9. The molecule has 2 atom stereocenters. The Kier molecular flexibility index (Phi) is 6.82. The monoisotopic (exact) mass is 451 g/mol. The second kappa shape index (κ2) is 9.62. The molecule has 2 aromatic rings. The fourth-order valence-electron chi connectivity index (χ4n) is 5.43. The van der Waals surface area contributed by atoms with Gasteiger partial charge in [0.2, 0.25) is 0 Å². The van der Waals surface area contributed by atoms with Gasteiger partial charge < -0.3 is 19.7 Å². The van der Waals surface area contributed by atoms with Gasteiger partial charge in [0.15, 0.2) is 0 Å². The molecule has 1 aliphatic heterocycles. The minimum absolute atomic E-state index is 0.0553. The number of amides is 1. The second-order valence-electron chi connectivity index (χ2n) is 10.1. The topological polar surface area (TPSA) is 76.4 Å². The van der Waals surface area contributed by atoms with Crippen LogP contribution in [-0.4, -0.2) is 32.7 Å². The second-order valence-corrected chi connectivity index (χ2v) is 10.1. The Balaban J connectivity index is 1.70. The molecule has 1 aromatic heterocycles. The molecule has 4 rings (SSSR count). The number of fused-ring (bicyclic) bond motifs is 3. The van der Waals surface area contributed by atoms with Gasteiger partial charge in [-0.25, -0.2) is 4.98 Å². The molecule has 33 heavy (non-hydrogen) atoms. The van der Waals surface area contributed by atoms with Crippen molar-refractivity contribution in [1.29, 1.82) is 0 Å². The summed E-state index contributed by atoms with van der Waals surface area (Å²) in [5.41, 5.74) is 3.06. The smallest absolute Gasteiger partial charge is 0.255 e. The molecule has 0 saturated carbocycles. The van der Waals surface area contributed by atoms with Crippen LogP contribution >= 0.6 is 0 Å². The van der Waals surface area contributed by atoms with Crippen LogP contribution in [0.4, 0.5) is 0 Å². The predicted molar refractivity (Wildman–Crippen MR) is 130 cm³/mol. The lowest BCUT2D eigenvalue weighted by Crippen LogP contribution is -2.45. The molecule has 0 spiro atoms. The fraction of sp³-hybridized carbons (Fsp3) is 0.556. The van der Waals surface area contributed by atoms with E-state index in [1.807, 2.05) is 16.8 Å². The van der Waals surface area contributed by atoms with E-state index in [1.54, 1.807) is 12.5 Å². The van der Waals surface area contributed by atoms with Gasteiger partial charge in [-0.15, -0.1) is 0 Å². The SMILES string of the molecule is CCCCCc1cc2c(c(O)c1C(=O)NCCn1ccnc1)C1C=C(C)CCC1C(C)(C)O2. The number of hydrogen-bond acceptors (Lipinski definition) is 4. The van der Waals surface area contributed by atoms with Crippen molar-refractivity contribution < 1.29 is 14.6 Å². The summed E-state index contributed by atoms with van der Waals surface area (Å²) in [6.07, 6.45) is 13.5. The molecule has 6 heteroatoms. The number of aromatic nitrogens is 2. The summed E-state index contributed by atoms with van der Waals surface area (Å²) in [6, 6.07) is 2.02. The van der Waals surface area contributed by atoms with Crippen molar-refractivity contribution in [2.45, 2.75) is 84.3 Å². The average molecular weight is 452 g/mol. The molecule has 6 nitrogen and oxygen atoms in total. The van der Waals surface area contributed by atoms with E-state index in [0.29, 0.717) is 18.7 Å². The zero-order valence-corrected chi connectivity index (χ0v) is 20.4. The molecule has 1 amide bonds. The van der Waals surface area contributed by atoms with Crippen LogP contribution in [-0.2, 0) is 13.0 Å². The number of ether oxygens (including phenoxy) is 1. The third kappa shape index (κ3) is 4.80. The van der Waals surface area contributed by atoms with Crippen LogP contribution in [0.1, 0.15) is 87.2 Å². The number of unbranched alkanes of at least 4 members (excludes halogenated alkanes) is 2. The lowest BCUT2D eigenvalue weighted by atomic mass is 9.67. The number of allylic oxidation sites excluding steroid dienone is 2. The van der Waals surface area contributed by atoms with E-state index >= 15 is 0 Å². The predicted octanol–water partition coefficient (Wildman–Crippen LogP) is 5.36. The minimum Gasteiger partial charge on any atom is -0.507 e. The van der Waals surface area contributed by atoms with E-state index in [1.165, 1.54) is 5.57 Å². The van der Waals surface area contributed by atoms with Gasteiger partial charge in [0, 0.05) is 42.9 Å². The highest BCUT2D eigenvalue weighted by Crippen LogP contribution is 2.54. The maximum Gasteiger partial charge on any atom is 0.255 e. The first kappa shape index (κ1) is 23.4. The molecule has 0 saturated heterocycles. The van der Waals surface area contributed by atoms with Crippen molar-refractivity contribution in [3.63, 3.8) is 0 Å². The summed E-state index contributed by atoms with van der Waals surface area (Å²) in [5.74, 6) is 0.920. The highest BCUT2D eigenvalue weighted by molar-refractivity contribution is 5.99. The van der Waals surface area contributed by atoms with Gasteiger partial charge in [-0.1, -0.05) is 31.4 Å². The van der Waals surface area contributed by atoms with Gasteiger partial charge in [-0.05, 0) is 58.1 Å². The summed E-state index contributed by atoms with van der Waals surface area (Å²) in [7, 11) is 0. The first-order chi connectivity index (χ1) is 15.8. The third-order valence-electron chi connectivity index (χ3n) is 7.22. The molecular formula is C27H37N3O3. The van der Waals surface area contributed by atoms with Crippen molar-refractivity contribution in [1.82, 2.24) is 14.9 Å². The van der Waals surface area contributed by atoms with E-state index in [0.717, 1.165) is 55.4 Å². The van der Waals surface area contributed by atoms with E-state index in [9.17, 15) is 9.90 Å². The number of hydrogen-bond donors (Lipinski definition) is 2. The van der Waals surface area contributed by atoms with Crippen LogP contribution in [0.5, 0.6) is 11.5 Å². The molecule has 2 heterocycles. The zero-order chi connectivity index (χ0) is 23.6. The Morgan fingerprint density at radius 3 is 2.91 bits per heavy atom. The number of imidazole rings is 1. The lowest BCUT2D eigenvalue weighted by molar-refractivity contribution is 0.0107. The molecule has 0 fully saturated rings. The molecular weight excluding hydrogens is 414 g/mol. The minimum atomic E-state index is -0.323. The van der Waals surface area contributed by atoms with Crippen molar-refractivity contribution in [3.05, 3.63) is 53.1 Å². The van der Waals surface area contributed by atoms with Crippen molar-refractivity contribution >= 4 is 5.91 Å². The number of carbonyl (C=O) groups excluding carboxylic acids is 1. The molecule has 0 bridgehead atoms. The Hall–Kier alpha value is -2.76. The van der Waals surface area contributed by atoms with Crippen molar-refractivity contribution in [2.24, 2.45) is 5.92 Å². The highest BCUT2D eigenvalue weighted by Gasteiger charge is 2.46. The van der Waals surface area contributed by atoms with Crippen LogP contribution in [0.25, 0.3) is 0 Å². The summed E-state index contributed by atoms with van der Waals surface area (Å²) in [4.78, 5) is 17.4. The maximum absolute atomic E-state index is 13.3. The van der Waals surface area contributed by atoms with Crippen LogP contribution in [0.15, 0.2) is 36.4 Å². The van der Waals surface area contributed by atoms with E-state index in [2.05, 4.69) is 44.1 Å². The quantitative estimate of drug-likeness (QED) is 0.418. The van der Waals surface area contributed by atoms with E-state index in [-0.39, 0.29) is 29.1 Å². The van der Waals surface area contributed by atoms with Gasteiger partial charge in [0.1, 0.15) is 17.1 Å². The van der Waals surface area contributed by atoms with Crippen LogP contribution in [0.3, 0.4) is 0 Å². The summed E-state index contributed by atoms with van der Waals surface area (Å²) >= 11 is 0. The number of benzene rings is 1. The van der Waals surface area contributed by atoms with E-state index < -0.39 is 0 Å².